The van der Waals surface area contributed by atoms with Crippen LogP contribution < -0.4 is 20.5 Å². The van der Waals surface area contributed by atoms with E-state index in [9.17, 15) is 14.4 Å². The molecule has 1 aliphatic heterocycles. The molecule has 5 rings (SSSR count). The lowest BCUT2D eigenvalue weighted by molar-refractivity contribution is -0.122. The smallest absolute Gasteiger partial charge is 0.252 e. The van der Waals surface area contributed by atoms with Crippen LogP contribution in [-0.2, 0) is 16.0 Å². The third kappa shape index (κ3) is 4.65. The third-order valence-corrected chi connectivity index (χ3v) is 6.83. The quantitative estimate of drug-likeness (QED) is 0.398. The molecule has 36 heavy (non-hydrogen) atoms. The van der Waals surface area contributed by atoms with Gasteiger partial charge in [-0.15, -0.1) is 11.3 Å². The van der Waals surface area contributed by atoms with Gasteiger partial charge >= 0.3 is 0 Å². The Hall–Kier alpha value is -4.25. The van der Waals surface area contributed by atoms with Gasteiger partial charge in [0.25, 0.3) is 5.56 Å². The van der Waals surface area contributed by atoms with Crippen LogP contribution in [0.15, 0.2) is 58.7 Å². The van der Waals surface area contributed by atoms with Crippen molar-refractivity contribution in [1.29, 1.82) is 0 Å². The van der Waals surface area contributed by atoms with Crippen molar-refractivity contribution in [3.05, 3.63) is 70.0 Å². The largest absolute Gasteiger partial charge is 0.497 e. The predicted octanol–water partition coefficient (Wildman–Crippen LogP) is 3.25. The van der Waals surface area contributed by atoms with Gasteiger partial charge in [0.15, 0.2) is 0 Å². The summed E-state index contributed by atoms with van der Waals surface area (Å²) < 4.78 is 6.68. The zero-order valence-corrected chi connectivity index (χ0v) is 20.5. The molecule has 0 aliphatic carbocycles. The minimum Gasteiger partial charge on any atom is -0.497 e. The lowest BCUT2D eigenvalue weighted by Crippen LogP contribution is -2.29. The Morgan fingerprint density at radius 2 is 2.08 bits per heavy atom. The molecule has 1 fully saturated rings. The van der Waals surface area contributed by atoms with E-state index in [0.717, 1.165) is 4.88 Å². The minimum atomic E-state index is -0.564. The van der Waals surface area contributed by atoms with Crippen LogP contribution in [0.2, 0.25) is 0 Å². The third-order valence-electron chi connectivity index (χ3n) is 5.94. The summed E-state index contributed by atoms with van der Waals surface area (Å²) in [4.78, 5) is 47.9. The van der Waals surface area contributed by atoms with Crippen LogP contribution in [0.3, 0.4) is 0 Å². The number of amides is 2. The second kappa shape index (κ2) is 9.78. The molecule has 1 saturated heterocycles. The molecule has 0 bridgehead atoms. The van der Waals surface area contributed by atoms with Gasteiger partial charge in [0.05, 0.1) is 17.9 Å². The van der Waals surface area contributed by atoms with E-state index < -0.39 is 5.92 Å². The number of carbonyl (C=O) groups is 2. The first-order valence-corrected chi connectivity index (χ1v) is 12.3. The number of benzene rings is 1. The Kier molecular flexibility index (Phi) is 6.38. The number of aryl methyl sites for hydroxylation is 1. The molecule has 2 amide bonds. The fourth-order valence-corrected chi connectivity index (χ4v) is 4.77. The van der Waals surface area contributed by atoms with Crippen molar-refractivity contribution in [1.82, 2.24) is 19.7 Å². The molecule has 10 nitrogen and oxygen atoms in total. The number of ether oxygens (including phenoxy) is 1. The SMILES string of the molecule is CCc1cc(=O)[nH]c(-n2nc(-c3cccs3)cc2NC(=O)C2CC(=O)N(c3cccc(OC)c3)C2)n1. The van der Waals surface area contributed by atoms with E-state index in [1.807, 2.05) is 30.5 Å². The first-order valence-electron chi connectivity index (χ1n) is 11.4. The number of carbonyl (C=O) groups excluding carboxylic acids is 2. The molecule has 0 radical (unpaired) electrons. The average molecular weight is 505 g/mol. The van der Waals surface area contributed by atoms with Crippen molar-refractivity contribution in [2.24, 2.45) is 5.92 Å². The summed E-state index contributed by atoms with van der Waals surface area (Å²) in [6.45, 7) is 2.14. The Morgan fingerprint density at radius 3 is 2.83 bits per heavy atom. The van der Waals surface area contributed by atoms with Crippen LogP contribution in [0.1, 0.15) is 19.0 Å². The molecule has 1 aromatic carbocycles. The molecule has 0 saturated carbocycles. The molecular weight excluding hydrogens is 480 g/mol. The normalized spacial score (nSPS) is 15.3. The summed E-state index contributed by atoms with van der Waals surface area (Å²) in [5, 5.41) is 9.44. The van der Waals surface area contributed by atoms with Crippen molar-refractivity contribution < 1.29 is 14.3 Å². The monoisotopic (exact) mass is 504 g/mol. The molecule has 1 unspecified atom stereocenters. The maximum atomic E-state index is 13.3. The molecule has 1 atom stereocenters. The fraction of sp³-hybridized carbons (Fsp3) is 0.240. The number of aromatic nitrogens is 4. The van der Waals surface area contributed by atoms with Crippen molar-refractivity contribution in [3.8, 4) is 22.3 Å². The number of aromatic amines is 1. The number of methoxy groups -OCH3 is 1. The number of H-pyrrole nitrogens is 1. The average Bonchev–Trinajstić information content (AvgIpc) is 3.63. The minimum absolute atomic E-state index is 0.0787. The van der Waals surface area contributed by atoms with Crippen molar-refractivity contribution in [2.75, 3.05) is 23.9 Å². The summed E-state index contributed by atoms with van der Waals surface area (Å²) >= 11 is 1.51. The van der Waals surface area contributed by atoms with Crippen LogP contribution in [0, 0.1) is 5.92 Å². The van der Waals surface area contributed by atoms with Crippen molar-refractivity contribution in [3.63, 3.8) is 0 Å². The Bertz CT molecular complexity index is 1480. The molecule has 0 spiro atoms. The first-order chi connectivity index (χ1) is 17.4. The van der Waals surface area contributed by atoms with Crippen molar-refractivity contribution >= 4 is 34.7 Å². The maximum Gasteiger partial charge on any atom is 0.252 e. The number of hydrogen-bond acceptors (Lipinski definition) is 7. The molecule has 1 aliphatic rings. The molecule has 2 N–H and O–H groups in total. The highest BCUT2D eigenvalue weighted by molar-refractivity contribution is 7.13. The number of nitrogens with zero attached hydrogens (tertiary/aromatic N) is 4. The number of rotatable bonds is 7. The van der Waals surface area contributed by atoms with Gasteiger partial charge in [-0.3, -0.25) is 19.4 Å². The van der Waals surface area contributed by atoms with E-state index in [-0.39, 0.29) is 36.3 Å². The molecular formula is C25H24N6O4S. The fourth-order valence-electron chi connectivity index (χ4n) is 4.09. The summed E-state index contributed by atoms with van der Waals surface area (Å²) in [7, 11) is 1.56. The van der Waals surface area contributed by atoms with Crippen LogP contribution in [0.4, 0.5) is 11.5 Å². The summed E-state index contributed by atoms with van der Waals surface area (Å²) in [6.07, 6.45) is 0.650. The van der Waals surface area contributed by atoms with Gasteiger partial charge in [0, 0.05) is 42.5 Å². The highest BCUT2D eigenvalue weighted by Gasteiger charge is 2.36. The maximum absolute atomic E-state index is 13.3. The second-order valence-corrected chi connectivity index (χ2v) is 9.26. The van der Waals surface area contributed by atoms with Gasteiger partial charge in [-0.1, -0.05) is 19.1 Å². The van der Waals surface area contributed by atoms with Crippen LogP contribution in [-0.4, -0.2) is 45.2 Å². The van der Waals surface area contributed by atoms with Crippen LogP contribution in [0.25, 0.3) is 16.5 Å². The molecule has 4 aromatic rings. The van der Waals surface area contributed by atoms with Gasteiger partial charge in [-0.2, -0.15) is 9.78 Å². The number of hydrogen-bond donors (Lipinski definition) is 2. The van der Waals surface area contributed by atoms with E-state index in [2.05, 4.69) is 20.4 Å². The van der Waals surface area contributed by atoms with Crippen LogP contribution in [0.5, 0.6) is 5.75 Å². The van der Waals surface area contributed by atoms with E-state index in [1.165, 1.54) is 22.1 Å². The van der Waals surface area contributed by atoms with E-state index in [4.69, 9.17) is 4.74 Å². The topological polar surface area (TPSA) is 122 Å². The molecule has 4 heterocycles. The van der Waals surface area contributed by atoms with E-state index >= 15 is 0 Å². The lowest BCUT2D eigenvalue weighted by atomic mass is 10.1. The van der Waals surface area contributed by atoms with Crippen LogP contribution >= 0.6 is 11.3 Å². The summed E-state index contributed by atoms with van der Waals surface area (Å²) in [5.41, 5.74) is 1.61. The Balaban J connectivity index is 1.43. The number of anilines is 2. The zero-order chi connectivity index (χ0) is 25.2. The zero-order valence-electron chi connectivity index (χ0n) is 19.7. The molecule has 11 heteroatoms. The predicted molar refractivity (Wildman–Crippen MR) is 137 cm³/mol. The van der Waals surface area contributed by atoms with Gasteiger partial charge in [-0.25, -0.2) is 4.98 Å². The van der Waals surface area contributed by atoms with Gasteiger partial charge in [-0.05, 0) is 30.0 Å². The van der Waals surface area contributed by atoms with Gasteiger partial charge in [0.1, 0.15) is 17.3 Å². The lowest BCUT2D eigenvalue weighted by Gasteiger charge is -2.17. The summed E-state index contributed by atoms with van der Waals surface area (Å²) in [6, 6.07) is 14.2. The van der Waals surface area contributed by atoms with E-state index in [0.29, 0.717) is 35.1 Å². The molecule has 184 valence electrons. The first kappa shape index (κ1) is 23.5. The van der Waals surface area contributed by atoms with Crippen molar-refractivity contribution in [2.45, 2.75) is 19.8 Å². The van der Waals surface area contributed by atoms with E-state index in [1.54, 1.807) is 36.3 Å². The van der Waals surface area contributed by atoms with Gasteiger partial charge < -0.3 is 15.0 Å². The standard InChI is InChI=1S/C25H24N6O4S/c1-3-16-11-22(32)28-25(26-16)31-21(13-19(29-31)20-8-5-9-36-20)27-24(34)15-10-23(33)30(14-15)17-6-4-7-18(12-17)35-2/h4-9,11-13,15H,3,10,14H2,1-2H3,(H,27,34)(H,26,28,32). The Morgan fingerprint density at radius 1 is 1.22 bits per heavy atom. The number of nitrogens with one attached hydrogen (secondary N) is 2. The Labute approximate surface area is 210 Å². The van der Waals surface area contributed by atoms with Gasteiger partial charge in [0.2, 0.25) is 17.8 Å². The molecule has 3 aromatic heterocycles. The second-order valence-electron chi connectivity index (χ2n) is 8.31. The summed E-state index contributed by atoms with van der Waals surface area (Å²) in [5.74, 6) is 0.171. The highest BCUT2D eigenvalue weighted by Crippen LogP contribution is 2.30. The highest BCUT2D eigenvalue weighted by atomic mass is 32.1. The number of thiophene rings is 1.